The van der Waals surface area contributed by atoms with Crippen molar-refractivity contribution >= 4 is 0 Å². The van der Waals surface area contributed by atoms with Gasteiger partial charge in [-0.05, 0) is 38.1 Å². The van der Waals surface area contributed by atoms with Crippen molar-refractivity contribution in [3.05, 3.63) is 0 Å². The van der Waals surface area contributed by atoms with E-state index in [2.05, 4.69) is 13.8 Å². The number of hydrogen-bond donors (Lipinski definition) is 1. The fourth-order valence-electron chi connectivity index (χ4n) is 1.17. The number of rotatable bonds is 7. The fourth-order valence-corrected chi connectivity index (χ4v) is 1.17. The Morgan fingerprint density at radius 3 is 2.42 bits per heavy atom. The molecule has 2 nitrogen and oxygen atoms in total. The van der Waals surface area contributed by atoms with E-state index < -0.39 is 0 Å². The van der Waals surface area contributed by atoms with E-state index in [1.807, 2.05) is 6.92 Å². The molecular formula is C10H23NO. The highest BCUT2D eigenvalue weighted by Crippen LogP contribution is 2.25. The number of ether oxygens (including phenoxy) is 1. The first kappa shape index (κ1) is 11.9. The van der Waals surface area contributed by atoms with Crippen molar-refractivity contribution in [3.8, 4) is 0 Å². The van der Waals surface area contributed by atoms with Crippen LogP contribution in [-0.4, -0.2) is 19.8 Å². The Morgan fingerprint density at radius 1 is 1.33 bits per heavy atom. The lowest BCUT2D eigenvalue weighted by Crippen LogP contribution is -2.26. The summed E-state index contributed by atoms with van der Waals surface area (Å²) < 4.78 is 5.28. The van der Waals surface area contributed by atoms with Gasteiger partial charge in [-0.25, -0.2) is 0 Å². The molecule has 1 atom stereocenters. The van der Waals surface area contributed by atoms with E-state index in [9.17, 15) is 0 Å². The van der Waals surface area contributed by atoms with E-state index in [4.69, 9.17) is 10.5 Å². The Balaban J connectivity index is 3.45. The summed E-state index contributed by atoms with van der Waals surface area (Å²) in [4.78, 5) is 0. The zero-order valence-corrected chi connectivity index (χ0v) is 8.73. The number of nitrogens with two attached hydrogens (primary N) is 1. The largest absolute Gasteiger partial charge is 0.382 e. The molecule has 2 heteroatoms. The van der Waals surface area contributed by atoms with Gasteiger partial charge in [0.2, 0.25) is 0 Å². The first-order chi connectivity index (χ1) is 5.68. The Labute approximate surface area is 76.5 Å². The first-order valence-corrected chi connectivity index (χ1v) is 4.96. The first-order valence-electron chi connectivity index (χ1n) is 4.96. The van der Waals surface area contributed by atoms with Gasteiger partial charge < -0.3 is 10.5 Å². The summed E-state index contributed by atoms with van der Waals surface area (Å²) in [6.07, 6.45) is 3.48. The van der Waals surface area contributed by atoms with Crippen molar-refractivity contribution < 1.29 is 4.74 Å². The van der Waals surface area contributed by atoms with Gasteiger partial charge in [-0.3, -0.25) is 0 Å². The molecule has 1 unspecified atom stereocenters. The third-order valence-corrected chi connectivity index (χ3v) is 2.62. The molecule has 0 bridgehead atoms. The van der Waals surface area contributed by atoms with Crippen molar-refractivity contribution in [3.63, 3.8) is 0 Å². The predicted molar refractivity (Wildman–Crippen MR) is 53.2 cm³/mol. The molecule has 0 aliphatic carbocycles. The Morgan fingerprint density at radius 2 is 2.00 bits per heavy atom. The highest BCUT2D eigenvalue weighted by molar-refractivity contribution is 4.72. The molecule has 0 fully saturated rings. The van der Waals surface area contributed by atoms with E-state index >= 15 is 0 Å². The molecule has 0 aliphatic rings. The quantitative estimate of drug-likeness (QED) is 0.599. The van der Waals surface area contributed by atoms with Crippen LogP contribution in [0.1, 0.15) is 40.0 Å². The molecule has 0 saturated carbocycles. The van der Waals surface area contributed by atoms with Crippen LogP contribution in [0.15, 0.2) is 0 Å². The van der Waals surface area contributed by atoms with Gasteiger partial charge in [0.05, 0.1) is 0 Å². The molecule has 12 heavy (non-hydrogen) atoms. The van der Waals surface area contributed by atoms with Crippen molar-refractivity contribution in [2.24, 2.45) is 11.1 Å². The SMILES string of the molecule is CCOCCCC(C)(CC)CN. The standard InChI is InChI=1S/C10H23NO/c1-4-10(3,9-11)7-6-8-12-5-2/h4-9,11H2,1-3H3. The topological polar surface area (TPSA) is 35.2 Å². The maximum absolute atomic E-state index is 5.69. The van der Waals surface area contributed by atoms with E-state index in [1.54, 1.807) is 0 Å². The zero-order chi connectivity index (χ0) is 9.45. The summed E-state index contributed by atoms with van der Waals surface area (Å²) in [5.74, 6) is 0. The molecule has 0 heterocycles. The van der Waals surface area contributed by atoms with Gasteiger partial charge in [0.1, 0.15) is 0 Å². The monoisotopic (exact) mass is 173 g/mol. The van der Waals surface area contributed by atoms with Crippen LogP contribution < -0.4 is 5.73 Å². The highest BCUT2D eigenvalue weighted by Gasteiger charge is 2.18. The predicted octanol–water partition coefficient (Wildman–Crippen LogP) is 2.18. The summed E-state index contributed by atoms with van der Waals surface area (Å²) in [6, 6.07) is 0. The molecule has 0 aromatic heterocycles. The summed E-state index contributed by atoms with van der Waals surface area (Å²) in [7, 11) is 0. The second-order valence-electron chi connectivity index (χ2n) is 3.67. The van der Waals surface area contributed by atoms with Crippen LogP contribution in [0, 0.1) is 5.41 Å². The van der Waals surface area contributed by atoms with Crippen LogP contribution >= 0.6 is 0 Å². The number of hydrogen-bond acceptors (Lipinski definition) is 2. The van der Waals surface area contributed by atoms with Crippen LogP contribution in [0.3, 0.4) is 0 Å². The van der Waals surface area contributed by atoms with Crippen LogP contribution in [0.25, 0.3) is 0 Å². The molecule has 2 N–H and O–H groups in total. The minimum absolute atomic E-state index is 0.330. The third kappa shape index (κ3) is 4.73. The second-order valence-corrected chi connectivity index (χ2v) is 3.67. The summed E-state index contributed by atoms with van der Waals surface area (Å²) in [6.45, 7) is 8.97. The molecule has 0 aromatic rings. The van der Waals surface area contributed by atoms with Crippen LogP contribution in [0.4, 0.5) is 0 Å². The lowest BCUT2D eigenvalue weighted by Gasteiger charge is -2.25. The molecule has 0 rings (SSSR count). The van der Waals surface area contributed by atoms with Gasteiger partial charge in [0, 0.05) is 13.2 Å². The van der Waals surface area contributed by atoms with E-state index in [1.165, 1.54) is 6.42 Å². The summed E-state index contributed by atoms with van der Waals surface area (Å²) >= 11 is 0. The molecule has 0 saturated heterocycles. The van der Waals surface area contributed by atoms with Crippen molar-refractivity contribution in [2.45, 2.75) is 40.0 Å². The lowest BCUT2D eigenvalue weighted by atomic mass is 9.83. The molecule has 0 aliphatic heterocycles. The van der Waals surface area contributed by atoms with Crippen molar-refractivity contribution in [2.75, 3.05) is 19.8 Å². The van der Waals surface area contributed by atoms with E-state index in [0.717, 1.165) is 32.6 Å². The van der Waals surface area contributed by atoms with Gasteiger partial charge in [-0.1, -0.05) is 13.8 Å². The molecule has 0 radical (unpaired) electrons. The van der Waals surface area contributed by atoms with Gasteiger partial charge >= 0.3 is 0 Å². The van der Waals surface area contributed by atoms with E-state index in [-0.39, 0.29) is 0 Å². The Hall–Kier alpha value is -0.0800. The van der Waals surface area contributed by atoms with Gasteiger partial charge in [0.15, 0.2) is 0 Å². The Kier molecular flexibility index (Phi) is 6.39. The normalized spacial score (nSPS) is 16.0. The van der Waals surface area contributed by atoms with Crippen LogP contribution in [0.2, 0.25) is 0 Å². The Bertz CT molecular complexity index is 100. The van der Waals surface area contributed by atoms with Gasteiger partial charge in [-0.15, -0.1) is 0 Å². The van der Waals surface area contributed by atoms with E-state index in [0.29, 0.717) is 5.41 Å². The highest BCUT2D eigenvalue weighted by atomic mass is 16.5. The molecule has 0 amide bonds. The van der Waals surface area contributed by atoms with Crippen molar-refractivity contribution in [1.29, 1.82) is 0 Å². The smallest absolute Gasteiger partial charge is 0.0466 e. The molecule has 74 valence electrons. The van der Waals surface area contributed by atoms with Gasteiger partial charge in [0.25, 0.3) is 0 Å². The third-order valence-electron chi connectivity index (χ3n) is 2.62. The summed E-state index contributed by atoms with van der Waals surface area (Å²) in [5.41, 5.74) is 6.02. The minimum Gasteiger partial charge on any atom is -0.382 e. The average Bonchev–Trinajstić information content (AvgIpc) is 2.12. The molecule has 0 spiro atoms. The molecular weight excluding hydrogens is 150 g/mol. The fraction of sp³-hybridized carbons (Fsp3) is 1.00. The second kappa shape index (κ2) is 6.44. The minimum atomic E-state index is 0.330. The maximum atomic E-state index is 5.69. The van der Waals surface area contributed by atoms with Crippen LogP contribution in [0.5, 0.6) is 0 Å². The lowest BCUT2D eigenvalue weighted by molar-refractivity contribution is 0.130. The molecule has 0 aromatic carbocycles. The van der Waals surface area contributed by atoms with Crippen LogP contribution in [-0.2, 0) is 4.74 Å². The van der Waals surface area contributed by atoms with Crippen molar-refractivity contribution in [1.82, 2.24) is 0 Å². The van der Waals surface area contributed by atoms with Gasteiger partial charge in [-0.2, -0.15) is 0 Å². The summed E-state index contributed by atoms with van der Waals surface area (Å²) in [5, 5.41) is 0. The zero-order valence-electron chi connectivity index (χ0n) is 8.73. The average molecular weight is 173 g/mol. The maximum Gasteiger partial charge on any atom is 0.0466 e.